The monoisotopic (exact) mass is 487 g/mol. The Morgan fingerprint density at radius 1 is 0.943 bits per heavy atom. The van der Waals surface area contributed by atoms with Crippen LogP contribution < -0.4 is 21.7 Å². The van der Waals surface area contributed by atoms with Gasteiger partial charge in [-0.25, -0.2) is 0 Å². The molecule has 35 heavy (non-hydrogen) atoms. The molecule has 0 aliphatic heterocycles. The summed E-state index contributed by atoms with van der Waals surface area (Å²) in [5.41, 5.74) is 8.03. The maximum Gasteiger partial charge on any atom is 0.325 e. The molecule has 0 spiro atoms. The molecule has 0 radical (unpaired) electrons. The molecule has 1 aromatic heterocycles. The van der Waals surface area contributed by atoms with E-state index >= 15 is 0 Å². The summed E-state index contributed by atoms with van der Waals surface area (Å²) in [6.45, 7) is 8.65. The van der Waals surface area contributed by atoms with Gasteiger partial charge in [-0.15, -0.1) is 0 Å². The molecule has 4 atom stereocenters. The van der Waals surface area contributed by atoms with Crippen LogP contribution in [0.15, 0.2) is 30.5 Å². The van der Waals surface area contributed by atoms with Crippen LogP contribution in [0.1, 0.15) is 46.6 Å². The SMILES string of the molecule is CC(C)CC(NC(=O)C(N)Cc1c[nH]c2ccccc12)C(=O)NC(C(=O)NC(C)C(=O)O)C(C)C. The van der Waals surface area contributed by atoms with Crippen molar-refractivity contribution >= 4 is 34.6 Å². The Bertz CT molecular complexity index is 1050. The number of nitrogens with one attached hydrogen (secondary N) is 4. The molecule has 2 aromatic rings. The van der Waals surface area contributed by atoms with Gasteiger partial charge >= 0.3 is 5.97 Å². The third-order valence-corrected chi connectivity index (χ3v) is 5.77. The Balaban J connectivity index is 2.09. The van der Waals surface area contributed by atoms with Gasteiger partial charge in [-0.05, 0) is 43.2 Å². The predicted molar refractivity (Wildman–Crippen MR) is 133 cm³/mol. The fourth-order valence-corrected chi connectivity index (χ4v) is 3.77. The van der Waals surface area contributed by atoms with Gasteiger partial charge in [-0.1, -0.05) is 45.9 Å². The van der Waals surface area contributed by atoms with Crippen LogP contribution in [0.5, 0.6) is 0 Å². The standard InChI is InChI=1S/C25H37N5O5/c1-13(2)10-20(23(32)30-21(14(3)4)24(33)28-15(5)25(34)35)29-22(31)18(26)11-16-12-27-19-9-7-6-8-17(16)19/h6-9,12-15,18,20-21,27H,10-11,26H2,1-5H3,(H,28,33)(H,29,31)(H,30,32)(H,34,35). The van der Waals surface area contributed by atoms with Gasteiger partial charge in [0.15, 0.2) is 0 Å². The Kier molecular flexibility index (Phi) is 9.82. The molecule has 0 bridgehead atoms. The van der Waals surface area contributed by atoms with Gasteiger partial charge in [-0.3, -0.25) is 19.2 Å². The number of aromatic nitrogens is 1. The van der Waals surface area contributed by atoms with Gasteiger partial charge in [0, 0.05) is 17.1 Å². The fourth-order valence-electron chi connectivity index (χ4n) is 3.77. The number of rotatable bonds is 12. The number of carbonyl (C=O) groups is 4. The van der Waals surface area contributed by atoms with Gasteiger partial charge in [0.25, 0.3) is 0 Å². The molecule has 0 saturated heterocycles. The van der Waals surface area contributed by atoms with Crippen molar-refractivity contribution in [2.24, 2.45) is 17.6 Å². The van der Waals surface area contributed by atoms with Crippen LogP contribution >= 0.6 is 0 Å². The summed E-state index contributed by atoms with van der Waals surface area (Å²) < 4.78 is 0. The average molecular weight is 488 g/mol. The zero-order chi connectivity index (χ0) is 26.3. The van der Waals surface area contributed by atoms with Gasteiger partial charge in [0.1, 0.15) is 18.1 Å². The molecule has 0 fully saturated rings. The second-order valence-electron chi connectivity index (χ2n) is 9.66. The van der Waals surface area contributed by atoms with Gasteiger partial charge in [0.05, 0.1) is 6.04 Å². The van der Waals surface area contributed by atoms with Crippen molar-refractivity contribution < 1.29 is 24.3 Å². The minimum atomic E-state index is -1.18. The lowest BCUT2D eigenvalue weighted by atomic mass is 9.99. The molecule has 7 N–H and O–H groups in total. The Hall–Kier alpha value is -3.40. The van der Waals surface area contributed by atoms with Crippen molar-refractivity contribution in [3.05, 3.63) is 36.0 Å². The van der Waals surface area contributed by atoms with E-state index in [1.807, 2.05) is 44.3 Å². The maximum absolute atomic E-state index is 13.1. The second-order valence-corrected chi connectivity index (χ2v) is 9.66. The lowest BCUT2D eigenvalue weighted by Crippen LogP contribution is -2.58. The zero-order valence-electron chi connectivity index (χ0n) is 20.9. The number of carboxylic acids is 1. The first-order valence-corrected chi connectivity index (χ1v) is 11.8. The van der Waals surface area contributed by atoms with E-state index in [2.05, 4.69) is 20.9 Å². The van der Waals surface area contributed by atoms with Crippen LogP contribution in [-0.4, -0.2) is 57.9 Å². The second kappa shape index (κ2) is 12.3. The fraction of sp³-hybridized carbons (Fsp3) is 0.520. The minimum Gasteiger partial charge on any atom is -0.480 e. The Morgan fingerprint density at radius 3 is 2.20 bits per heavy atom. The van der Waals surface area contributed by atoms with E-state index in [0.717, 1.165) is 16.5 Å². The molecule has 0 aliphatic carbocycles. The molecule has 4 unspecified atom stereocenters. The summed E-state index contributed by atoms with van der Waals surface area (Å²) in [6, 6.07) is 3.86. The molecular formula is C25H37N5O5. The molecule has 192 valence electrons. The van der Waals surface area contributed by atoms with Crippen LogP contribution in [0, 0.1) is 11.8 Å². The molecule has 1 heterocycles. The number of carbonyl (C=O) groups excluding carboxylic acids is 3. The van der Waals surface area contributed by atoms with E-state index in [9.17, 15) is 19.2 Å². The first-order chi connectivity index (χ1) is 16.4. The van der Waals surface area contributed by atoms with E-state index in [-0.39, 0.29) is 18.3 Å². The number of aromatic amines is 1. The van der Waals surface area contributed by atoms with Crippen LogP contribution in [0.4, 0.5) is 0 Å². The van der Waals surface area contributed by atoms with Crippen LogP contribution in [0.25, 0.3) is 10.9 Å². The van der Waals surface area contributed by atoms with Gasteiger partial charge in [0.2, 0.25) is 17.7 Å². The third-order valence-electron chi connectivity index (χ3n) is 5.77. The summed E-state index contributed by atoms with van der Waals surface area (Å²) in [5.74, 6) is -3.01. The van der Waals surface area contributed by atoms with Crippen molar-refractivity contribution in [2.45, 2.75) is 71.6 Å². The minimum absolute atomic E-state index is 0.0780. The molecule has 0 aliphatic rings. The number of para-hydroxylation sites is 1. The van der Waals surface area contributed by atoms with E-state index in [4.69, 9.17) is 10.8 Å². The van der Waals surface area contributed by atoms with Crippen LogP contribution in [0.3, 0.4) is 0 Å². The van der Waals surface area contributed by atoms with E-state index in [1.165, 1.54) is 6.92 Å². The molecule has 2 rings (SSSR count). The first-order valence-electron chi connectivity index (χ1n) is 11.8. The number of carboxylic acid groups (broad SMARTS) is 1. The lowest BCUT2D eigenvalue weighted by Gasteiger charge is -2.27. The highest BCUT2D eigenvalue weighted by molar-refractivity contribution is 5.94. The smallest absolute Gasteiger partial charge is 0.325 e. The Morgan fingerprint density at radius 2 is 1.60 bits per heavy atom. The summed E-state index contributed by atoms with van der Waals surface area (Å²) in [7, 11) is 0. The zero-order valence-corrected chi connectivity index (χ0v) is 20.9. The van der Waals surface area contributed by atoms with Crippen molar-refractivity contribution in [1.82, 2.24) is 20.9 Å². The molecule has 3 amide bonds. The lowest BCUT2D eigenvalue weighted by molar-refractivity contribution is -0.142. The number of hydrogen-bond acceptors (Lipinski definition) is 5. The van der Waals surface area contributed by atoms with Crippen LogP contribution in [-0.2, 0) is 25.6 Å². The highest BCUT2D eigenvalue weighted by Crippen LogP contribution is 2.19. The normalized spacial score (nSPS) is 14.9. The quantitative estimate of drug-likeness (QED) is 0.264. The summed E-state index contributed by atoms with van der Waals surface area (Å²) in [6.07, 6.45) is 2.45. The first kappa shape index (κ1) is 27.8. The van der Waals surface area contributed by atoms with Crippen molar-refractivity contribution in [1.29, 1.82) is 0 Å². The van der Waals surface area contributed by atoms with Crippen molar-refractivity contribution in [2.75, 3.05) is 0 Å². The highest BCUT2D eigenvalue weighted by atomic mass is 16.4. The highest BCUT2D eigenvalue weighted by Gasteiger charge is 2.31. The molecule has 1 aromatic carbocycles. The van der Waals surface area contributed by atoms with E-state index in [0.29, 0.717) is 6.42 Å². The topological polar surface area (TPSA) is 166 Å². The molecule has 10 heteroatoms. The van der Waals surface area contributed by atoms with E-state index in [1.54, 1.807) is 13.8 Å². The summed E-state index contributed by atoms with van der Waals surface area (Å²) in [4.78, 5) is 52.8. The van der Waals surface area contributed by atoms with Crippen molar-refractivity contribution in [3.63, 3.8) is 0 Å². The van der Waals surface area contributed by atoms with Crippen LogP contribution in [0.2, 0.25) is 0 Å². The van der Waals surface area contributed by atoms with Gasteiger partial charge in [-0.2, -0.15) is 0 Å². The maximum atomic E-state index is 13.1. The molecule has 10 nitrogen and oxygen atoms in total. The largest absolute Gasteiger partial charge is 0.480 e. The number of fused-ring (bicyclic) bond motifs is 1. The number of H-pyrrole nitrogens is 1. The molecular weight excluding hydrogens is 450 g/mol. The summed E-state index contributed by atoms with van der Waals surface area (Å²) in [5, 5.41) is 17.8. The van der Waals surface area contributed by atoms with Crippen molar-refractivity contribution in [3.8, 4) is 0 Å². The number of aliphatic carboxylic acids is 1. The number of nitrogens with two attached hydrogens (primary N) is 1. The predicted octanol–water partition coefficient (Wildman–Crippen LogP) is 1.30. The third kappa shape index (κ3) is 7.81. The Labute approximate surface area is 205 Å². The number of amides is 3. The number of hydrogen-bond donors (Lipinski definition) is 6. The van der Waals surface area contributed by atoms with Gasteiger partial charge < -0.3 is 31.8 Å². The average Bonchev–Trinajstić information content (AvgIpc) is 3.18. The van der Waals surface area contributed by atoms with E-state index < -0.39 is 47.9 Å². The molecule has 0 saturated carbocycles. The summed E-state index contributed by atoms with van der Waals surface area (Å²) >= 11 is 0. The number of benzene rings is 1.